The van der Waals surface area contributed by atoms with Crippen LogP contribution in [0.25, 0.3) is 0 Å². The number of hydrogen-bond donors (Lipinski definition) is 1. The predicted octanol–water partition coefficient (Wildman–Crippen LogP) is 1.60. The average molecular weight is 198 g/mol. The molecule has 3 nitrogen and oxygen atoms in total. The lowest BCUT2D eigenvalue weighted by Crippen LogP contribution is -2.21. The van der Waals surface area contributed by atoms with Gasteiger partial charge in [0.2, 0.25) is 0 Å². The second kappa shape index (κ2) is 4.14. The number of hydrogen-bond acceptors (Lipinski definition) is 3. The number of rotatable bonds is 3. The van der Waals surface area contributed by atoms with Crippen molar-refractivity contribution in [3.8, 4) is 0 Å². The van der Waals surface area contributed by atoms with Crippen molar-refractivity contribution < 1.29 is 0 Å². The highest BCUT2D eigenvalue weighted by Gasteiger charge is 1.99. The van der Waals surface area contributed by atoms with Gasteiger partial charge in [-0.15, -0.1) is 0 Å². The van der Waals surface area contributed by atoms with Gasteiger partial charge >= 0.3 is 0 Å². The zero-order chi connectivity index (χ0) is 9.84. The Morgan fingerprint density at radius 1 is 1.69 bits per heavy atom. The predicted molar refractivity (Wildman–Crippen MR) is 54.0 cm³/mol. The molecular weight excluding hydrogens is 186 g/mol. The second-order valence-electron chi connectivity index (χ2n) is 2.84. The van der Waals surface area contributed by atoms with E-state index in [9.17, 15) is 0 Å². The molecule has 0 aliphatic carbocycles. The largest absolute Gasteiger partial charge is 0.386 e. The first-order chi connectivity index (χ1) is 6.09. The Hall–Kier alpha value is -1.22. The molecule has 0 spiro atoms. The van der Waals surface area contributed by atoms with Crippen molar-refractivity contribution in [2.45, 2.75) is 6.54 Å². The molecule has 0 aliphatic rings. The molecule has 70 valence electrons. The third-order valence-corrected chi connectivity index (χ3v) is 1.92. The number of pyridine rings is 1. The average Bonchev–Trinajstić information content (AvgIpc) is 2.08. The summed E-state index contributed by atoms with van der Waals surface area (Å²) < 4.78 is 0. The van der Waals surface area contributed by atoms with Crippen molar-refractivity contribution in [3.63, 3.8) is 0 Å². The molecule has 0 radical (unpaired) electrons. The highest BCUT2D eigenvalue weighted by molar-refractivity contribution is 6.29. The number of aromatic nitrogens is 1. The van der Waals surface area contributed by atoms with Crippen LogP contribution in [0, 0.1) is 0 Å². The standard InChI is InChI=1S/C9H12ClN3/c1-7(11)13(2)6-8-3-4-9(10)12-5-8/h3-5H,1,6,11H2,2H3. The molecule has 1 rings (SSSR count). The molecule has 0 unspecified atom stereocenters. The summed E-state index contributed by atoms with van der Waals surface area (Å²) in [6.07, 6.45) is 1.72. The number of nitrogens with zero attached hydrogens (tertiary/aromatic N) is 2. The lowest BCUT2D eigenvalue weighted by molar-refractivity contribution is 0.408. The highest BCUT2D eigenvalue weighted by Crippen LogP contribution is 2.07. The lowest BCUT2D eigenvalue weighted by Gasteiger charge is -2.17. The van der Waals surface area contributed by atoms with Crippen LogP contribution in [0.15, 0.2) is 30.7 Å². The molecule has 1 heterocycles. The van der Waals surface area contributed by atoms with Gasteiger partial charge in [-0.2, -0.15) is 0 Å². The van der Waals surface area contributed by atoms with Gasteiger partial charge in [-0.1, -0.05) is 24.2 Å². The summed E-state index contributed by atoms with van der Waals surface area (Å²) in [7, 11) is 1.87. The fourth-order valence-electron chi connectivity index (χ4n) is 0.875. The topological polar surface area (TPSA) is 42.1 Å². The Balaban J connectivity index is 2.64. The van der Waals surface area contributed by atoms with Crippen molar-refractivity contribution in [3.05, 3.63) is 41.4 Å². The minimum absolute atomic E-state index is 0.498. The van der Waals surface area contributed by atoms with Crippen LogP contribution in [0.3, 0.4) is 0 Å². The van der Waals surface area contributed by atoms with Gasteiger partial charge in [0, 0.05) is 19.8 Å². The summed E-state index contributed by atoms with van der Waals surface area (Å²) >= 11 is 5.64. The maximum Gasteiger partial charge on any atom is 0.129 e. The first kappa shape index (κ1) is 9.86. The van der Waals surface area contributed by atoms with E-state index in [1.54, 1.807) is 12.3 Å². The van der Waals surface area contributed by atoms with Gasteiger partial charge in [0.15, 0.2) is 0 Å². The van der Waals surface area contributed by atoms with Crippen LogP contribution in [-0.2, 0) is 6.54 Å². The first-order valence-electron chi connectivity index (χ1n) is 3.85. The summed E-state index contributed by atoms with van der Waals surface area (Å²) in [6, 6.07) is 3.67. The molecule has 13 heavy (non-hydrogen) atoms. The minimum Gasteiger partial charge on any atom is -0.386 e. The Morgan fingerprint density at radius 3 is 2.85 bits per heavy atom. The summed E-state index contributed by atoms with van der Waals surface area (Å²) in [6.45, 7) is 4.32. The Kier molecular flexibility index (Phi) is 3.14. The molecule has 0 amide bonds. The maximum atomic E-state index is 5.64. The van der Waals surface area contributed by atoms with E-state index in [4.69, 9.17) is 17.3 Å². The van der Waals surface area contributed by atoms with E-state index >= 15 is 0 Å². The first-order valence-corrected chi connectivity index (χ1v) is 4.23. The van der Waals surface area contributed by atoms with Crippen LogP contribution in [-0.4, -0.2) is 16.9 Å². The van der Waals surface area contributed by atoms with Gasteiger partial charge < -0.3 is 10.6 Å². The molecule has 1 aromatic rings. The van der Waals surface area contributed by atoms with Gasteiger partial charge in [-0.3, -0.25) is 0 Å². The van der Waals surface area contributed by atoms with Crippen LogP contribution in [0.5, 0.6) is 0 Å². The van der Waals surface area contributed by atoms with E-state index in [2.05, 4.69) is 11.6 Å². The minimum atomic E-state index is 0.498. The maximum absolute atomic E-state index is 5.64. The summed E-state index contributed by atoms with van der Waals surface area (Å²) in [5.74, 6) is 0.537. The summed E-state index contributed by atoms with van der Waals surface area (Å²) in [5, 5.41) is 0.498. The Morgan fingerprint density at radius 2 is 2.38 bits per heavy atom. The van der Waals surface area contributed by atoms with Gasteiger partial charge in [0.25, 0.3) is 0 Å². The Labute approximate surface area is 82.8 Å². The number of nitrogens with two attached hydrogens (primary N) is 1. The van der Waals surface area contributed by atoms with Crippen molar-refractivity contribution in [1.29, 1.82) is 0 Å². The van der Waals surface area contributed by atoms with Gasteiger partial charge in [-0.05, 0) is 11.6 Å². The van der Waals surface area contributed by atoms with Gasteiger partial charge in [-0.25, -0.2) is 4.98 Å². The second-order valence-corrected chi connectivity index (χ2v) is 3.22. The molecule has 0 bridgehead atoms. The fourth-order valence-corrected chi connectivity index (χ4v) is 0.987. The quantitative estimate of drug-likeness (QED) is 0.749. The summed E-state index contributed by atoms with van der Waals surface area (Å²) in [5.41, 5.74) is 6.55. The van der Waals surface area contributed by atoms with E-state index in [-0.39, 0.29) is 0 Å². The lowest BCUT2D eigenvalue weighted by atomic mass is 10.3. The van der Waals surface area contributed by atoms with E-state index < -0.39 is 0 Å². The zero-order valence-electron chi connectivity index (χ0n) is 7.50. The Bertz CT molecular complexity index is 294. The molecule has 0 atom stereocenters. The van der Waals surface area contributed by atoms with E-state index in [0.717, 1.165) is 5.56 Å². The molecular formula is C9H12ClN3. The third-order valence-electron chi connectivity index (χ3n) is 1.70. The molecule has 4 heteroatoms. The molecule has 0 aromatic carbocycles. The monoisotopic (exact) mass is 197 g/mol. The van der Waals surface area contributed by atoms with Crippen LogP contribution in [0.1, 0.15) is 5.56 Å². The van der Waals surface area contributed by atoms with Gasteiger partial charge in [0.1, 0.15) is 5.15 Å². The molecule has 0 saturated carbocycles. The fraction of sp³-hybridized carbons (Fsp3) is 0.222. The van der Waals surface area contributed by atoms with Crippen molar-refractivity contribution in [2.75, 3.05) is 7.05 Å². The van der Waals surface area contributed by atoms with Crippen LogP contribution >= 0.6 is 11.6 Å². The molecule has 1 aromatic heterocycles. The van der Waals surface area contributed by atoms with E-state index in [1.165, 1.54) is 0 Å². The van der Waals surface area contributed by atoms with Crippen molar-refractivity contribution >= 4 is 11.6 Å². The molecule has 0 aliphatic heterocycles. The van der Waals surface area contributed by atoms with E-state index in [0.29, 0.717) is 17.5 Å². The van der Waals surface area contributed by atoms with E-state index in [1.807, 2.05) is 18.0 Å². The van der Waals surface area contributed by atoms with Crippen LogP contribution in [0.4, 0.5) is 0 Å². The molecule has 2 N–H and O–H groups in total. The zero-order valence-corrected chi connectivity index (χ0v) is 8.25. The third kappa shape index (κ3) is 2.95. The summed E-state index contributed by atoms with van der Waals surface area (Å²) in [4.78, 5) is 5.80. The number of halogens is 1. The van der Waals surface area contributed by atoms with Crippen molar-refractivity contribution in [2.24, 2.45) is 5.73 Å². The van der Waals surface area contributed by atoms with Crippen LogP contribution < -0.4 is 5.73 Å². The normalized spacial score (nSPS) is 9.69. The van der Waals surface area contributed by atoms with Crippen LogP contribution in [0.2, 0.25) is 5.15 Å². The molecule has 0 saturated heterocycles. The SMILES string of the molecule is C=C(N)N(C)Cc1ccc(Cl)nc1. The van der Waals surface area contributed by atoms with Crippen molar-refractivity contribution in [1.82, 2.24) is 9.88 Å². The highest BCUT2D eigenvalue weighted by atomic mass is 35.5. The molecule has 0 fully saturated rings. The van der Waals surface area contributed by atoms with Gasteiger partial charge in [0.05, 0.1) is 5.82 Å². The smallest absolute Gasteiger partial charge is 0.129 e.